The minimum Gasteiger partial charge on any atom is -0.330 e. The Balaban J connectivity index is 3.89. The summed E-state index contributed by atoms with van der Waals surface area (Å²) in [6.07, 6.45) is 0.869. The zero-order chi connectivity index (χ0) is 8.15. The van der Waals surface area contributed by atoms with Crippen molar-refractivity contribution in [1.29, 1.82) is 0 Å². The highest BCUT2D eigenvalue weighted by Crippen LogP contribution is 2.08. The highest BCUT2D eigenvalue weighted by molar-refractivity contribution is 5.82. The van der Waals surface area contributed by atoms with E-state index in [2.05, 4.69) is 0 Å². The van der Waals surface area contributed by atoms with Crippen molar-refractivity contribution in [3.8, 4) is 0 Å². The molecular formula is C8H17NO. The van der Waals surface area contributed by atoms with Crippen LogP contribution >= 0.6 is 0 Å². The number of hydrogen-bond acceptors (Lipinski definition) is 2. The second-order valence-electron chi connectivity index (χ2n) is 2.90. The van der Waals surface area contributed by atoms with Crippen molar-refractivity contribution in [3.05, 3.63) is 0 Å². The monoisotopic (exact) mass is 143 g/mol. The molecule has 2 heteroatoms. The first-order valence-corrected chi connectivity index (χ1v) is 3.87. The van der Waals surface area contributed by atoms with Gasteiger partial charge in [-0.25, -0.2) is 0 Å². The van der Waals surface area contributed by atoms with Crippen LogP contribution in [0.5, 0.6) is 0 Å². The zero-order valence-electron chi connectivity index (χ0n) is 7.05. The largest absolute Gasteiger partial charge is 0.330 e. The third-order valence-corrected chi connectivity index (χ3v) is 1.75. The molecule has 60 valence electrons. The van der Waals surface area contributed by atoms with Gasteiger partial charge in [-0.2, -0.15) is 0 Å². The summed E-state index contributed by atoms with van der Waals surface area (Å²) >= 11 is 0. The van der Waals surface area contributed by atoms with Crippen LogP contribution in [0.4, 0.5) is 0 Å². The van der Waals surface area contributed by atoms with E-state index in [9.17, 15) is 4.79 Å². The normalized spacial score (nSPS) is 13.7. The van der Waals surface area contributed by atoms with Gasteiger partial charge in [-0.3, -0.25) is 4.79 Å². The van der Waals surface area contributed by atoms with Gasteiger partial charge in [-0.1, -0.05) is 20.8 Å². The van der Waals surface area contributed by atoms with Crippen molar-refractivity contribution in [2.45, 2.75) is 27.2 Å². The molecule has 0 aliphatic rings. The topological polar surface area (TPSA) is 43.1 Å². The van der Waals surface area contributed by atoms with Gasteiger partial charge < -0.3 is 5.73 Å². The molecule has 0 amide bonds. The standard InChI is InChI=1S/C8H17NO/c1-4-7(5-9)8(10)6(2)3/h6-7H,4-5,9H2,1-3H3. The molecule has 0 rings (SSSR count). The van der Waals surface area contributed by atoms with Gasteiger partial charge >= 0.3 is 0 Å². The minimum absolute atomic E-state index is 0.0833. The predicted octanol–water partition coefficient (Wildman–Crippen LogP) is 1.20. The Bertz CT molecular complexity index is 106. The van der Waals surface area contributed by atoms with Crippen molar-refractivity contribution in [2.75, 3.05) is 6.54 Å². The van der Waals surface area contributed by atoms with Gasteiger partial charge in [0.25, 0.3) is 0 Å². The third-order valence-electron chi connectivity index (χ3n) is 1.75. The van der Waals surface area contributed by atoms with Crippen LogP contribution in [0.2, 0.25) is 0 Å². The van der Waals surface area contributed by atoms with Gasteiger partial charge in [0.2, 0.25) is 0 Å². The summed E-state index contributed by atoms with van der Waals surface area (Å²) in [6.45, 7) is 6.33. The fourth-order valence-corrected chi connectivity index (χ4v) is 0.955. The summed E-state index contributed by atoms with van der Waals surface area (Å²) in [4.78, 5) is 11.2. The average Bonchev–Trinajstić information content (AvgIpc) is 1.90. The third kappa shape index (κ3) is 2.48. The van der Waals surface area contributed by atoms with Gasteiger partial charge in [-0.05, 0) is 6.42 Å². The Morgan fingerprint density at radius 2 is 2.00 bits per heavy atom. The van der Waals surface area contributed by atoms with E-state index in [-0.39, 0.29) is 11.8 Å². The van der Waals surface area contributed by atoms with Crippen LogP contribution < -0.4 is 5.73 Å². The van der Waals surface area contributed by atoms with E-state index < -0.39 is 0 Å². The molecular weight excluding hydrogens is 126 g/mol. The summed E-state index contributed by atoms with van der Waals surface area (Å²) in [6, 6.07) is 0. The van der Waals surface area contributed by atoms with Crippen LogP contribution in [-0.4, -0.2) is 12.3 Å². The van der Waals surface area contributed by atoms with Crippen LogP contribution in [0.1, 0.15) is 27.2 Å². The quantitative estimate of drug-likeness (QED) is 0.642. The molecule has 10 heavy (non-hydrogen) atoms. The second kappa shape index (κ2) is 4.45. The number of rotatable bonds is 4. The van der Waals surface area contributed by atoms with E-state index in [1.54, 1.807) is 0 Å². The predicted molar refractivity (Wildman–Crippen MR) is 42.7 cm³/mol. The minimum atomic E-state index is 0.0833. The molecule has 0 aliphatic carbocycles. The SMILES string of the molecule is CCC(CN)C(=O)C(C)C. The first-order chi connectivity index (χ1) is 4.63. The van der Waals surface area contributed by atoms with Crippen molar-refractivity contribution < 1.29 is 4.79 Å². The second-order valence-corrected chi connectivity index (χ2v) is 2.90. The Morgan fingerprint density at radius 1 is 1.50 bits per heavy atom. The molecule has 0 aromatic heterocycles. The van der Waals surface area contributed by atoms with E-state index in [0.29, 0.717) is 12.3 Å². The number of hydrogen-bond donors (Lipinski definition) is 1. The molecule has 0 spiro atoms. The van der Waals surface area contributed by atoms with Crippen LogP contribution in [0.25, 0.3) is 0 Å². The maximum Gasteiger partial charge on any atom is 0.139 e. The molecule has 2 nitrogen and oxygen atoms in total. The van der Waals surface area contributed by atoms with Crippen LogP contribution in [0, 0.1) is 11.8 Å². The number of ketones is 1. The molecule has 0 bridgehead atoms. The van der Waals surface area contributed by atoms with Gasteiger partial charge in [0.1, 0.15) is 5.78 Å². The summed E-state index contributed by atoms with van der Waals surface area (Å²) < 4.78 is 0. The maximum absolute atomic E-state index is 11.2. The lowest BCUT2D eigenvalue weighted by molar-refractivity contribution is -0.125. The summed E-state index contributed by atoms with van der Waals surface area (Å²) in [5.74, 6) is 0.512. The van der Waals surface area contributed by atoms with Crippen molar-refractivity contribution in [1.82, 2.24) is 0 Å². The van der Waals surface area contributed by atoms with Crippen LogP contribution in [-0.2, 0) is 4.79 Å². The highest BCUT2D eigenvalue weighted by Gasteiger charge is 2.16. The highest BCUT2D eigenvalue weighted by atomic mass is 16.1. The number of carbonyl (C=O) groups excluding carboxylic acids is 1. The zero-order valence-corrected chi connectivity index (χ0v) is 7.05. The maximum atomic E-state index is 11.2. The molecule has 0 saturated heterocycles. The molecule has 0 radical (unpaired) electrons. The van der Waals surface area contributed by atoms with E-state index in [4.69, 9.17) is 5.73 Å². The van der Waals surface area contributed by atoms with Gasteiger partial charge in [0, 0.05) is 18.4 Å². The number of nitrogens with two attached hydrogens (primary N) is 1. The molecule has 1 unspecified atom stereocenters. The number of Topliss-reactive ketones (excluding diaryl/α,β-unsaturated/α-hetero) is 1. The molecule has 0 aromatic carbocycles. The average molecular weight is 143 g/mol. The van der Waals surface area contributed by atoms with Crippen LogP contribution in [0.3, 0.4) is 0 Å². The summed E-state index contributed by atoms with van der Waals surface area (Å²) in [5, 5.41) is 0. The first kappa shape index (κ1) is 9.63. The molecule has 1 atom stereocenters. The Kier molecular flexibility index (Phi) is 4.28. The van der Waals surface area contributed by atoms with Gasteiger partial charge in [-0.15, -0.1) is 0 Å². The molecule has 0 aliphatic heterocycles. The van der Waals surface area contributed by atoms with E-state index in [1.807, 2.05) is 20.8 Å². The lowest BCUT2D eigenvalue weighted by Crippen LogP contribution is -2.26. The fourth-order valence-electron chi connectivity index (χ4n) is 0.955. The molecule has 0 fully saturated rings. The Morgan fingerprint density at radius 3 is 2.10 bits per heavy atom. The Labute approximate surface area is 62.8 Å². The van der Waals surface area contributed by atoms with Crippen molar-refractivity contribution >= 4 is 5.78 Å². The molecule has 0 aromatic rings. The fraction of sp³-hybridized carbons (Fsp3) is 0.875. The lowest BCUT2D eigenvalue weighted by Gasteiger charge is -2.12. The first-order valence-electron chi connectivity index (χ1n) is 3.87. The van der Waals surface area contributed by atoms with Crippen molar-refractivity contribution in [3.63, 3.8) is 0 Å². The Hall–Kier alpha value is -0.370. The van der Waals surface area contributed by atoms with E-state index >= 15 is 0 Å². The van der Waals surface area contributed by atoms with Crippen LogP contribution in [0.15, 0.2) is 0 Å². The van der Waals surface area contributed by atoms with E-state index in [0.717, 1.165) is 6.42 Å². The van der Waals surface area contributed by atoms with E-state index in [1.165, 1.54) is 0 Å². The molecule has 2 N–H and O–H groups in total. The van der Waals surface area contributed by atoms with Crippen molar-refractivity contribution in [2.24, 2.45) is 17.6 Å². The number of carbonyl (C=O) groups is 1. The summed E-state index contributed by atoms with van der Waals surface area (Å²) in [7, 11) is 0. The van der Waals surface area contributed by atoms with Gasteiger partial charge in [0.15, 0.2) is 0 Å². The molecule has 0 heterocycles. The lowest BCUT2D eigenvalue weighted by atomic mass is 9.93. The summed E-state index contributed by atoms with van der Waals surface area (Å²) in [5.41, 5.74) is 5.40. The smallest absolute Gasteiger partial charge is 0.139 e. The molecule has 0 saturated carbocycles. The van der Waals surface area contributed by atoms with Gasteiger partial charge in [0.05, 0.1) is 0 Å².